The summed E-state index contributed by atoms with van der Waals surface area (Å²) in [6.07, 6.45) is 5.35. The first-order valence-corrected chi connectivity index (χ1v) is 10.5. The van der Waals surface area contributed by atoms with Gasteiger partial charge in [-0.25, -0.2) is 4.79 Å². The molecule has 4 unspecified atom stereocenters. The van der Waals surface area contributed by atoms with E-state index in [9.17, 15) is 4.79 Å². The molecule has 158 valence electrons. The second-order valence-corrected chi connectivity index (χ2v) is 9.89. The van der Waals surface area contributed by atoms with E-state index in [0.29, 0.717) is 36.6 Å². The summed E-state index contributed by atoms with van der Waals surface area (Å²) in [4.78, 5) is 21.4. The van der Waals surface area contributed by atoms with Gasteiger partial charge in [0.2, 0.25) is 0 Å². The Morgan fingerprint density at radius 3 is 2.79 bits per heavy atom. The van der Waals surface area contributed by atoms with Crippen LogP contribution >= 0.6 is 24.0 Å². The summed E-state index contributed by atoms with van der Waals surface area (Å²) < 4.78 is 11.6. The maximum absolute atomic E-state index is 12.4. The normalized spacial score (nSPS) is 35.2. The Morgan fingerprint density at radius 2 is 2.11 bits per heavy atom. The number of rotatable bonds is 1. The summed E-state index contributed by atoms with van der Waals surface area (Å²) in [7, 11) is 0. The van der Waals surface area contributed by atoms with E-state index in [4.69, 9.17) is 14.5 Å². The number of ether oxygens (including phenoxy) is 2. The summed E-state index contributed by atoms with van der Waals surface area (Å²) in [5.41, 5.74) is -0.0889. The molecule has 4 fully saturated rings. The molecule has 1 N–H and O–H groups in total. The van der Waals surface area contributed by atoms with E-state index in [1.54, 1.807) is 0 Å². The number of amides is 1. The first-order valence-electron chi connectivity index (χ1n) is 10.5. The second kappa shape index (κ2) is 7.18. The Morgan fingerprint density at radius 1 is 1.32 bits per heavy atom. The fraction of sp³-hybridized carbons (Fsp3) is 0.900. The van der Waals surface area contributed by atoms with Crippen LogP contribution in [0.3, 0.4) is 0 Å². The Labute approximate surface area is 184 Å². The molecule has 4 atom stereocenters. The molecule has 0 aromatic heterocycles. The van der Waals surface area contributed by atoms with Crippen LogP contribution in [-0.2, 0) is 9.47 Å². The van der Waals surface area contributed by atoms with Crippen molar-refractivity contribution in [3.8, 4) is 0 Å². The molecule has 3 aliphatic heterocycles. The van der Waals surface area contributed by atoms with E-state index in [-0.39, 0.29) is 36.1 Å². The average molecular weight is 504 g/mol. The molecule has 5 rings (SSSR count). The fourth-order valence-electron chi connectivity index (χ4n) is 5.79. The predicted molar refractivity (Wildman–Crippen MR) is 117 cm³/mol. The number of aliphatic imine (C=N–C) groups is 1. The lowest BCUT2D eigenvalue weighted by Gasteiger charge is -2.63. The van der Waals surface area contributed by atoms with Gasteiger partial charge >= 0.3 is 6.09 Å². The van der Waals surface area contributed by atoms with Crippen molar-refractivity contribution in [2.45, 2.75) is 70.2 Å². The molecule has 8 heteroatoms. The number of hydrogen-bond acceptors (Lipinski definition) is 6. The molecule has 1 amide bonds. The SMILES string of the molecule is CC(C)(C)OC(=O)N1CCN2C(NC3C4CCOC4C34CCC4)=NCC2C1.I. The lowest BCUT2D eigenvalue weighted by molar-refractivity contribution is -0.171. The number of guanidine groups is 1. The van der Waals surface area contributed by atoms with Gasteiger partial charge in [-0.15, -0.1) is 24.0 Å². The van der Waals surface area contributed by atoms with Crippen LogP contribution in [-0.4, -0.2) is 78.4 Å². The first kappa shape index (κ1) is 20.5. The van der Waals surface area contributed by atoms with Gasteiger partial charge in [0, 0.05) is 43.6 Å². The highest BCUT2D eigenvalue weighted by atomic mass is 127. The topological polar surface area (TPSA) is 66.4 Å². The Bertz CT molecular complexity index is 660. The van der Waals surface area contributed by atoms with Gasteiger partial charge in [0.25, 0.3) is 0 Å². The zero-order valence-corrected chi connectivity index (χ0v) is 19.5. The molecular formula is C20H33IN4O3. The fourth-order valence-corrected chi connectivity index (χ4v) is 5.79. The summed E-state index contributed by atoms with van der Waals surface area (Å²) in [5.74, 6) is 1.69. The van der Waals surface area contributed by atoms with E-state index in [0.717, 1.165) is 25.7 Å². The molecule has 0 aromatic carbocycles. The van der Waals surface area contributed by atoms with Crippen molar-refractivity contribution < 1.29 is 14.3 Å². The third kappa shape index (κ3) is 3.18. The quantitative estimate of drug-likeness (QED) is 0.556. The summed E-state index contributed by atoms with van der Waals surface area (Å²) in [5, 5.41) is 3.82. The number of hydrogen-bond donors (Lipinski definition) is 1. The summed E-state index contributed by atoms with van der Waals surface area (Å²) in [6, 6.07) is 0.780. The average Bonchev–Trinajstić information content (AvgIpc) is 3.14. The molecule has 3 heterocycles. The third-order valence-electron chi connectivity index (χ3n) is 7.18. The van der Waals surface area contributed by atoms with Crippen LogP contribution in [0.2, 0.25) is 0 Å². The number of carbonyl (C=O) groups is 1. The van der Waals surface area contributed by atoms with Crippen molar-refractivity contribution in [3.05, 3.63) is 0 Å². The van der Waals surface area contributed by atoms with Crippen LogP contribution in [0.1, 0.15) is 46.5 Å². The maximum atomic E-state index is 12.4. The van der Waals surface area contributed by atoms with E-state index in [2.05, 4.69) is 10.2 Å². The minimum atomic E-state index is -0.450. The number of piperazine rings is 1. The predicted octanol–water partition coefficient (Wildman–Crippen LogP) is 2.44. The van der Waals surface area contributed by atoms with Crippen LogP contribution < -0.4 is 5.32 Å². The molecule has 1 spiro atoms. The van der Waals surface area contributed by atoms with Gasteiger partial charge in [0.1, 0.15) is 5.60 Å². The third-order valence-corrected chi connectivity index (χ3v) is 7.18. The van der Waals surface area contributed by atoms with Crippen LogP contribution in [0, 0.1) is 11.3 Å². The van der Waals surface area contributed by atoms with E-state index >= 15 is 0 Å². The minimum absolute atomic E-state index is 0. The van der Waals surface area contributed by atoms with Gasteiger partial charge < -0.3 is 24.6 Å². The molecule has 7 nitrogen and oxygen atoms in total. The van der Waals surface area contributed by atoms with Crippen LogP contribution in [0.4, 0.5) is 4.79 Å². The smallest absolute Gasteiger partial charge is 0.410 e. The number of carbonyl (C=O) groups excluding carboxylic acids is 1. The van der Waals surface area contributed by atoms with E-state index in [1.165, 1.54) is 25.7 Å². The highest BCUT2D eigenvalue weighted by Gasteiger charge is 2.67. The zero-order valence-electron chi connectivity index (χ0n) is 17.1. The number of nitrogens with zero attached hydrogens (tertiary/aromatic N) is 3. The largest absolute Gasteiger partial charge is 0.444 e. The highest BCUT2D eigenvalue weighted by Crippen LogP contribution is 2.62. The van der Waals surface area contributed by atoms with Gasteiger partial charge in [-0.3, -0.25) is 4.99 Å². The maximum Gasteiger partial charge on any atom is 0.410 e. The first-order chi connectivity index (χ1) is 12.9. The van der Waals surface area contributed by atoms with Gasteiger partial charge in [0.05, 0.1) is 18.7 Å². The van der Waals surface area contributed by atoms with Crippen molar-refractivity contribution >= 4 is 36.0 Å². The molecule has 2 aliphatic carbocycles. The monoisotopic (exact) mass is 504 g/mol. The Hall–Kier alpha value is -0.770. The molecule has 2 saturated heterocycles. The summed E-state index contributed by atoms with van der Waals surface area (Å²) in [6.45, 7) is 9.61. The van der Waals surface area contributed by atoms with Gasteiger partial charge in [0.15, 0.2) is 5.96 Å². The number of fused-ring (bicyclic) bond motifs is 3. The van der Waals surface area contributed by atoms with Crippen molar-refractivity contribution in [2.75, 3.05) is 32.8 Å². The molecule has 2 saturated carbocycles. The van der Waals surface area contributed by atoms with Crippen LogP contribution in [0.5, 0.6) is 0 Å². The summed E-state index contributed by atoms with van der Waals surface area (Å²) >= 11 is 0. The molecule has 5 aliphatic rings. The van der Waals surface area contributed by atoms with E-state index in [1.807, 2.05) is 25.7 Å². The standard InChI is InChI=1S/C20H32N4O3.HI/c1-19(2,3)27-18(25)23-8-9-24-13(12-23)11-21-17(24)22-15-14-5-10-26-16(14)20(15)6-4-7-20;/h13-16H,4-12H2,1-3H3,(H,21,22);1H. The van der Waals surface area contributed by atoms with Crippen molar-refractivity contribution in [2.24, 2.45) is 16.3 Å². The van der Waals surface area contributed by atoms with Crippen molar-refractivity contribution in [3.63, 3.8) is 0 Å². The minimum Gasteiger partial charge on any atom is -0.444 e. The Balaban J connectivity index is 0.00000192. The van der Waals surface area contributed by atoms with E-state index < -0.39 is 5.60 Å². The van der Waals surface area contributed by atoms with Gasteiger partial charge in [-0.1, -0.05) is 6.42 Å². The molecule has 0 radical (unpaired) electrons. The van der Waals surface area contributed by atoms with Gasteiger partial charge in [-0.2, -0.15) is 0 Å². The second-order valence-electron chi connectivity index (χ2n) is 9.89. The van der Waals surface area contributed by atoms with Crippen LogP contribution in [0.25, 0.3) is 0 Å². The van der Waals surface area contributed by atoms with Crippen molar-refractivity contribution in [1.29, 1.82) is 0 Å². The number of halogens is 1. The van der Waals surface area contributed by atoms with Crippen LogP contribution in [0.15, 0.2) is 4.99 Å². The molecular weight excluding hydrogens is 471 g/mol. The lowest BCUT2D eigenvalue weighted by Crippen LogP contribution is -2.73. The molecule has 0 aromatic rings. The lowest BCUT2D eigenvalue weighted by atomic mass is 9.46. The highest BCUT2D eigenvalue weighted by molar-refractivity contribution is 14.0. The molecule has 0 bridgehead atoms. The Kier molecular flexibility index (Phi) is 5.26. The van der Waals surface area contributed by atoms with Crippen molar-refractivity contribution in [1.82, 2.24) is 15.1 Å². The number of nitrogens with one attached hydrogen (secondary N) is 1. The zero-order chi connectivity index (χ0) is 18.8. The molecule has 28 heavy (non-hydrogen) atoms. The van der Waals surface area contributed by atoms with Gasteiger partial charge in [-0.05, 0) is 40.0 Å².